The second-order valence-electron chi connectivity index (χ2n) is 7.64. The van der Waals surface area contributed by atoms with E-state index in [0.717, 1.165) is 37.3 Å². The summed E-state index contributed by atoms with van der Waals surface area (Å²) < 4.78 is 0. The van der Waals surface area contributed by atoms with Crippen molar-refractivity contribution in [3.63, 3.8) is 0 Å². The van der Waals surface area contributed by atoms with E-state index < -0.39 is 6.04 Å². The third-order valence-electron chi connectivity index (χ3n) is 4.98. The number of benzene rings is 1. The van der Waals surface area contributed by atoms with Crippen molar-refractivity contribution in [2.75, 3.05) is 42.9 Å². The number of nitriles is 1. The average Bonchev–Trinajstić information content (AvgIpc) is 3.20. The SMILES string of the molecule is CC(C)CC(Nc1[nH]ncc1-c1ccc(N2CCNCC2)cc1)C(=O)NCC#N. The molecule has 0 saturated carbocycles. The Labute approximate surface area is 171 Å². The number of carbonyl (C=O) groups excluding carboxylic acids is 1. The van der Waals surface area contributed by atoms with Crippen LogP contribution in [0.2, 0.25) is 0 Å². The van der Waals surface area contributed by atoms with E-state index >= 15 is 0 Å². The van der Waals surface area contributed by atoms with Gasteiger partial charge in [-0.3, -0.25) is 9.89 Å². The van der Waals surface area contributed by atoms with Crippen LogP contribution in [0.5, 0.6) is 0 Å². The first-order chi connectivity index (χ1) is 14.1. The van der Waals surface area contributed by atoms with Crippen LogP contribution in [0.25, 0.3) is 11.1 Å². The van der Waals surface area contributed by atoms with Gasteiger partial charge >= 0.3 is 0 Å². The summed E-state index contributed by atoms with van der Waals surface area (Å²) in [5, 5.41) is 25.2. The van der Waals surface area contributed by atoms with Gasteiger partial charge in [0.15, 0.2) is 0 Å². The number of H-pyrrole nitrogens is 1. The molecule has 2 aromatic rings. The van der Waals surface area contributed by atoms with Gasteiger partial charge in [-0.15, -0.1) is 0 Å². The Hall–Kier alpha value is -3.05. The number of nitrogens with one attached hydrogen (secondary N) is 4. The maximum absolute atomic E-state index is 12.5. The van der Waals surface area contributed by atoms with Crippen LogP contribution < -0.4 is 20.9 Å². The zero-order valence-electron chi connectivity index (χ0n) is 17.0. The molecule has 0 spiro atoms. The minimum absolute atomic E-state index is 0.00156. The topological polar surface area (TPSA) is 109 Å². The maximum atomic E-state index is 12.5. The number of anilines is 2. The Morgan fingerprint density at radius 2 is 2.00 bits per heavy atom. The quantitative estimate of drug-likeness (QED) is 0.509. The average molecular weight is 396 g/mol. The van der Waals surface area contributed by atoms with Crippen LogP contribution in [0, 0.1) is 17.2 Å². The van der Waals surface area contributed by atoms with Crippen LogP contribution in [-0.4, -0.2) is 54.9 Å². The van der Waals surface area contributed by atoms with Crippen molar-refractivity contribution >= 4 is 17.4 Å². The van der Waals surface area contributed by atoms with Crippen molar-refractivity contribution in [2.45, 2.75) is 26.3 Å². The molecule has 1 aromatic carbocycles. The Morgan fingerprint density at radius 3 is 2.66 bits per heavy atom. The molecule has 1 aliphatic heterocycles. The standard InChI is InChI=1S/C21H29N7O/c1-15(2)13-19(21(29)24-8-7-22)26-20-18(14-25-27-20)16-3-5-17(6-4-16)28-11-9-23-10-12-28/h3-6,14-15,19,23H,8-13H2,1-2H3,(H,24,29)(H2,25,26,27). The van der Waals surface area contributed by atoms with Gasteiger partial charge in [-0.25, -0.2) is 0 Å². The molecule has 0 aliphatic carbocycles. The van der Waals surface area contributed by atoms with Gasteiger partial charge in [-0.2, -0.15) is 10.4 Å². The maximum Gasteiger partial charge on any atom is 0.243 e. The zero-order chi connectivity index (χ0) is 20.6. The lowest BCUT2D eigenvalue weighted by Gasteiger charge is -2.29. The highest BCUT2D eigenvalue weighted by Gasteiger charge is 2.22. The van der Waals surface area contributed by atoms with Gasteiger partial charge in [0.25, 0.3) is 0 Å². The van der Waals surface area contributed by atoms with Gasteiger partial charge in [0.05, 0.1) is 12.3 Å². The summed E-state index contributed by atoms with van der Waals surface area (Å²) in [5.41, 5.74) is 3.15. The van der Waals surface area contributed by atoms with Crippen molar-refractivity contribution in [1.82, 2.24) is 20.8 Å². The fourth-order valence-electron chi connectivity index (χ4n) is 3.52. The smallest absolute Gasteiger partial charge is 0.243 e. The molecular weight excluding hydrogens is 366 g/mol. The summed E-state index contributed by atoms with van der Waals surface area (Å²) in [5.74, 6) is 0.845. The molecule has 8 nitrogen and oxygen atoms in total. The largest absolute Gasteiger partial charge is 0.369 e. The minimum Gasteiger partial charge on any atom is -0.369 e. The highest BCUT2D eigenvalue weighted by atomic mass is 16.2. The van der Waals surface area contributed by atoms with Crippen molar-refractivity contribution in [3.8, 4) is 17.2 Å². The van der Waals surface area contributed by atoms with Crippen LogP contribution in [0.4, 0.5) is 11.5 Å². The summed E-state index contributed by atoms with van der Waals surface area (Å²) in [6.07, 6.45) is 2.42. The molecule has 8 heteroatoms. The molecule has 1 unspecified atom stereocenters. The molecular formula is C21H29N7O. The second kappa shape index (κ2) is 9.94. The van der Waals surface area contributed by atoms with E-state index in [0.29, 0.717) is 18.2 Å². The molecule has 0 radical (unpaired) electrons. The van der Waals surface area contributed by atoms with E-state index in [1.165, 1.54) is 5.69 Å². The lowest BCUT2D eigenvalue weighted by atomic mass is 10.0. The van der Waals surface area contributed by atoms with Gasteiger partial charge < -0.3 is 20.9 Å². The summed E-state index contributed by atoms with van der Waals surface area (Å²) >= 11 is 0. The predicted molar refractivity (Wildman–Crippen MR) is 115 cm³/mol. The molecule has 1 amide bonds. The predicted octanol–water partition coefficient (Wildman–Crippen LogP) is 1.95. The van der Waals surface area contributed by atoms with E-state index in [-0.39, 0.29) is 12.5 Å². The second-order valence-corrected chi connectivity index (χ2v) is 7.64. The molecule has 1 atom stereocenters. The number of aromatic amines is 1. The Balaban J connectivity index is 1.75. The Kier molecular flexibility index (Phi) is 7.09. The zero-order valence-corrected chi connectivity index (χ0v) is 17.0. The number of hydrogen-bond acceptors (Lipinski definition) is 6. The molecule has 1 saturated heterocycles. The van der Waals surface area contributed by atoms with Crippen LogP contribution in [0.3, 0.4) is 0 Å². The van der Waals surface area contributed by atoms with Crippen molar-refractivity contribution < 1.29 is 4.79 Å². The molecule has 1 aliphatic rings. The number of rotatable bonds is 8. The highest BCUT2D eigenvalue weighted by Crippen LogP contribution is 2.29. The molecule has 3 rings (SSSR count). The van der Waals surface area contributed by atoms with Gasteiger partial charge in [0.2, 0.25) is 5.91 Å². The first-order valence-electron chi connectivity index (χ1n) is 10.1. The van der Waals surface area contributed by atoms with Gasteiger partial charge in [-0.1, -0.05) is 26.0 Å². The Morgan fingerprint density at radius 1 is 1.28 bits per heavy atom. The third kappa shape index (κ3) is 5.48. The number of aromatic nitrogens is 2. The first-order valence-corrected chi connectivity index (χ1v) is 10.1. The molecule has 4 N–H and O–H groups in total. The number of hydrogen-bond donors (Lipinski definition) is 4. The summed E-state index contributed by atoms with van der Waals surface area (Å²) in [4.78, 5) is 14.8. The molecule has 1 fully saturated rings. The van der Waals surface area contributed by atoms with E-state index in [9.17, 15) is 4.79 Å². The van der Waals surface area contributed by atoms with Crippen molar-refractivity contribution in [3.05, 3.63) is 30.5 Å². The molecule has 29 heavy (non-hydrogen) atoms. The third-order valence-corrected chi connectivity index (χ3v) is 4.98. The highest BCUT2D eigenvalue weighted by molar-refractivity contribution is 5.86. The number of piperazine rings is 1. The van der Waals surface area contributed by atoms with E-state index in [4.69, 9.17) is 5.26 Å². The van der Waals surface area contributed by atoms with Crippen LogP contribution in [0.1, 0.15) is 20.3 Å². The molecule has 2 heterocycles. The van der Waals surface area contributed by atoms with Crippen molar-refractivity contribution in [2.24, 2.45) is 5.92 Å². The van der Waals surface area contributed by atoms with Crippen LogP contribution in [0.15, 0.2) is 30.5 Å². The lowest BCUT2D eigenvalue weighted by Crippen LogP contribution is -2.43. The van der Waals surface area contributed by atoms with E-state index in [1.54, 1.807) is 6.20 Å². The minimum atomic E-state index is -0.442. The molecule has 0 bridgehead atoms. The number of carbonyl (C=O) groups is 1. The summed E-state index contributed by atoms with van der Waals surface area (Å²) in [7, 11) is 0. The van der Waals surface area contributed by atoms with Crippen LogP contribution >= 0.6 is 0 Å². The summed E-state index contributed by atoms with van der Waals surface area (Å²) in [6.45, 7) is 8.15. The molecule has 1 aromatic heterocycles. The fourth-order valence-corrected chi connectivity index (χ4v) is 3.52. The first kappa shape index (κ1) is 20.7. The Bertz CT molecular complexity index is 831. The van der Waals surface area contributed by atoms with E-state index in [1.807, 2.05) is 6.07 Å². The number of amides is 1. The normalized spacial score (nSPS) is 15.0. The lowest BCUT2D eigenvalue weighted by molar-refractivity contribution is -0.121. The summed E-state index contributed by atoms with van der Waals surface area (Å²) in [6, 6.07) is 9.93. The van der Waals surface area contributed by atoms with Crippen LogP contribution in [-0.2, 0) is 4.79 Å². The van der Waals surface area contributed by atoms with Gasteiger partial charge in [0, 0.05) is 37.4 Å². The van der Waals surface area contributed by atoms with Crippen molar-refractivity contribution in [1.29, 1.82) is 5.26 Å². The number of nitrogens with zero attached hydrogens (tertiary/aromatic N) is 3. The van der Waals surface area contributed by atoms with E-state index in [2.05, 4.69) is 69.2 Å². The van der Waals surface area contributed by atoms with Gasteiger partial charge in [0.1, 0.15) is 18.4 Å². The monoisotopic (exact) mass is 395 g/mol. The van der Waals surface area contributed by atoms with Gasteiger partial charge in [-0.05, 0) is 30.0 Å². The molecule has 154 valence electrons. The fraction of sp³-hybridized carbons (Fsp3) is 0.476.